The first kappa shape index (κ1) is 17.0. The number of para-hydroxylation sites is 1. The van der Waals surface area contributed by atoms with Crippen molar-refractivity contribution in [2.75, 3.05) is 6.54 Å². The van der Waals surface area contributed by atoms with Crippen LogP contribution < -0.4 is 4.74 Å². The number of rotatable bonds is 6. The molecule has 0 aromatic heterocycles. The molecule has 1 aliphatic rings. The Morgan fingerprint density at radius 2 is 1.80 bits per heavy atom. The zero-order valence-corrected chi connectivity index (χ0v) is 13.9. The molecule has 1 heterocycles. The van der Waals surface area contributed by atoms with Gasteiger partial charge in [0, 0.05) is 0 Å². The molecule has 1 N–H and O–H groups in total. The molecule has 6 nitrogen and oxygen atoms in total. The van der Waals surface area contributed by atoms with Gasteiger partial charge in [0.15, 0.2) is 0 Å². The Morgan fingerprint density at radius 1 is 1.08 bits per heavy atom. The SMILES string of the molecule is O=C(O)CN1C(=O)SC(Cc2cccc(Oc3ccccc3)c2)C1=O. The number of carboxylic acid groups (broad SMARTS) is 1. The quantitative estimate of drug-likeness (QED) is 0.855. The number of carbonyl (C=O) groups is 3. The Kier molecular flexibility index (Phi) is 5.04. The van der Waals surface area contributed by atoms with E-state index in [2.05, 4.69) is 0 Å². The molecule has 0 bridgehead atoms. The minimum absolute atomic E-state index is 0.331. The molecule has 3 rings (SSSR count). The third-order valence-electron chi connectivity index (χ3n) is 3.60. The van der Waals surface area contributed by atoms with Gasteiger partial charge in [0.1, 0.15) is 18.0 Å². The van der Waals surface area contributed by atoms with Crippen LogP contribution in [0.15, 0.2) is 54.6 Å². The lowest BCUT2D eigenvalue weighted by molar-refractivity contribution is -0.141. The first-order chi connectivity index (χ1) is 12.0. The van der Waals surface area contributed by atoms with Gasteiger partial charge in [0.2, 0.25) is 5.91 Å². The summed E-state index contributed by atoms with van der Waals surface area (Å²) >= 11 is 0.862. The van der Waals surface area contributed by atoms with Crippen molar-refractivity contribution in [1.29, 1.82) is 0 Å². The second kappa shape index (κ2) is 7.40. The van der Waals surface area contributed by atoms with Crippen molar-refractivity contribution in [3.05, 3.63) is 60.2 Å². The smallest absolute Gasteiger partial charge is 0.323 e. The normalized spacial score (nSPS) is 17.0. The van der Waals surface area contributed by atoms with Crippen LogP contribution in [-0.2, 0) is 16.0 Å². The van der Waals surface area contributed by atoms with Gasteiger partial charge < -0.3 is 9.84 Å². The Hall–Kier alpha value is -2.80. The van der Waals surface area contributed by atoms with E-state index < -0.39 is 28.9 Å². The summed E-state index contributed by atoms with van der Waals surface area (Å²) in [6.07, 6.45) is 0.331. The fourth-order valence-corrected chi connectivity index (χ4v) is 3.51. The van der Waals surface area contributed by atoms with E-state index >= 15 is 0 Å². The minimum Gasteiger partial charge on any atom is -0.480 e. The third-order valence-corrected chi connectivity index (χ3v) is 4.67. The van der Waals surface area contributed by atoms with Gasteiger partial charge in [0.25, 0.3) is 5.24 Å². The zero-order chi connectivity index (χ0) is 17.8. The highest BCUT2D eigenvalue weighted by molar-refractivity contribution is 8.15. The lowest BCUT2D eigenvalue weighted by Crippen LogP contribution is -2.36. The van der Waals surface area contributed by atoms with Crippen molar-refractivity contribution in [2.24, 2.45) is 0 Å². The van der Waals surface area contributed by atoms with Crippen LogP contribution in [0.25, 0.3) is 0 Å². The minimum atomic E-state index is -1.21. The van der Waals surface area contributed by atoms with Crippen LogP contribution in [0.3, 0.4) is 0 Å². The van der Waals surface area contributed by atoms with E-state index in [0.29, 0.717) is 17.9 Å². The largest absolute Gasteiger partial charge is 0.480 e. The van der Waals surface area contributed by atoms with Crippen LogP contribution >= 0.6 is 11.8 Å². The van der Waals surface area contributed by atoms with Gasteiger partial charge in [-0.05, 0) is 36.2 Å². The maximum absolute atomic E-state index is 12.2. The number of nitrogens with zero attached hydrogens (tertiary/aromatic N) is 1. The summed E-state index contributed by atoms with van der Waals surface area (Å²) in [4.78, 5) is 35.6. The summed E-state index contributed by atoms with van der Waals surface area (Å²) in [5.41, 5.74) is 0.837. The monoisotopic (exact) mass is 357 g/mol. The second-order valence-corrected chi connectivity index (χ2v) is 6.61. The maximum Gasteiger partial charge on any atom is 0.323 e. The number of carbonyl (C=O) groups excluding carboxylic acids is 2. The van der Waals surface area contributed by atoms with Crippen LogP contribution in [0, 0.1) is 0 Å². The average Bonchev–Trinajstić information content (AvgIpc) is 2.83. The molecule has 1 unspecified atom stereocenters. The fourth-order valence-electron chi connectivity index (χ4n) is 2.48. The van der Waals surface area contributed by atoms with Crippen molar-refractivity contribution in [1.82, 2.24) is 4.90 Å². The second-order valence-electron chi connectivity index (χ2n) is 5.46. The number of thioether (sulfide) groups is 1. The van der Waals surface area contributed by atoms with Crippen molar-refractivity contribution < 1.29 is 24.2 Å². The molecule has 1 aliphatic heterocycles. The first-order valence-electron chi connectivity index (χ1n) is 7.58. The van der Waals surface area contributed by atoms with Crippen molar-refractivity contribution in [3.63, 3.8) is 0 Å². The summed E-state index contributed by atoms with van der Waals surface area (Å²) in [6.45, 7) is -0.599. The molecule has 1 saturated heterocycles. The molecule has 0 spiro atoms. The predicted molar refractivity (Wildman–Crippen MR) is 92.8 cm³/mol. The van der Waals surface area contributed by atoms with Crippen LogP contribution in [-0.4, -0.2) is 38.9 Å². The topological polar surface area (TPSA) is 83.9 Å². The summed E-state index contributed by atoms with van der Waals surface area (Å²) in [5.74, 6) is -0.338. The number of ether oxygens (including phenoxy) is 1. The molecular weight excluding hydrogens is 342 g/mol. The van der Waals surface area contributed by atoms with Crippen LogP contribution in [0.4, 0.5) is 4.79 Å². The molecule has 1 atom stereocenters. The van der Waals surface area contributed by atoms with Crippen LogP contribution in [0.5, 0.6) is 11.5 Å². The van der Waals surface area contributed by atoms with E-state index in [9.17, 15) is 14.4 Å². The number of hydrogen-bond acceptors (Lipinski definition) is 5. The molecule has 7 heteroatoms. The van der Waals surface area contributed by atoms with Gasteiger partial charge in [-0.2, -0.15) is 0 Å². The molecule has 1 fully saturated rings. The number of amides is 2. The number of imide groups is 1. The molecule has 0 saturated carbocycles. The van der Waals surface area contributed by atoms with Crippen LogP contribution in [0.2, 0.25) is 0 Å². The Bertz CT molecular complexity index is 808. The third kappa shape index (κ3) is 4.19. The number of aliphatic carboxylic acids is 1. The van der Waals surface area contributed by atoms with Crippen molar-refractivity contribution in [2.45, 2.75) is 11.7 Å². The van der Waals surface area contributed by atoms with Crippen molar-refractivity contribution in [3.8, 4) is 11.5 Å². The molecule has 2 aromatic rings. The van der Waals surface area contributed by atoms with E-state index in [1.807, 2.05) is 54.6 Å². The molecule has 2 aromatic carbocycles. The van der Waals surface area contributed by atoms with Gasteiger partial charge >= 0.3 is 5.97 Å². The summed E-state index contributed by atoms with van der Waals surface area (Å²) in [5, 5.41) is 7.66. The van der Waals surface area contributed by atoms with Gasteiger partial charge in [-0.3, -0.25) is 19.3 Å². The van der Waals surface area contributed by atoms with E-state index in [1.165, 1.54) is 0 Å². The molecule has 2 amide bonds. The Balaban J connectivity index is 1.69. The summed E-state index contributed by atoms with van der Waals surface area (Å²) in [6, 6.07) is 16.6. The number of carboxylic acids is 1. The maximum atomic E-state index is 12.2. The van der Waals surface area contributed by atoms with E-state index in [-0.39, 0.29) is 0 Å². The van der Waals surface area contributed by atoms with Crippen molar-refractivity contribution >= 4 is 28.9 Å². The highest BCUT2D eigenvalue weighted by atomic mass is 32.2. The Labute approximate surface area is 148 Å². The van der Waals surface area contributed by atoms with Gasteiger partial charge in [-0.25, -0.2) is 0 Å². The zero-order valence-electron chi connectivity index (χ0n) is 13.1. The molecular formula is C18H15NO5S. The molecule has 0 aliphatic carbocycles. The first-order valence-corrected chi connectivity index (χ1v) is 8.46. The van der Waals surface area contributed by atoms with Gasteiger partial charge in [-0.15, -0.1) is 0 Å². The highest BCUT2D eigenvalue weighted by Crippen LogP contribution is 2.30. The van der Waals surface area contributed by atoms with Gasteiger partial charge in [-0.1, -0.05) is 42.1 Å². The fraction of sp³-hybridized carbons (Fsp3) is 0.167. The van der Waals surface area contributed by atoms with E-state index in [0.717, 1.165) is 22.2 Å². The lowest BCUT2D eigenvalue weighted by atomic mass is 10.1. The number of benzene rings is 2. The summed E-state index contributed by atoms with van der Waals surface area (Å²) < 4.78 is 5.76. The highest BCUT2D eigenvalue weighted by Gasteiger charge is 2.40. The summed E-state index contributed by atoms with van der Waals surface area (Å²) in [7, 11) is 0. The molecule has 25 heavy (non-hydrogen) atoms. The lowest BCUT2D eigenvalue weighted by Gasteiger charge is -2.11. The van der Waals surface area contributed by atoms with Crippen LogP contribution in [0.1, 0.15) is 5.56 Å². The standard InChI is InChI=1S/C18H15NO5S/c20-16(21)11-19-17(22)15(25-18(19)23)10-12-5-4-8-14(9-12)24-13-6-2-1-3-7-13/h1-9,15H,10-11H2,(H,20,21). The number of hydrogen-bond donors (Lipinski definition) is 1. The molecule has 128 valence electrons. The predicted octanol–water partition coefficient (Wildman–Crippen LogP) is 3.17. The average molecular weight is 357 g/mol. The molecule has 0 radical (unpaired) electrons. The van der Waals surface area contributed by atoms with Gasteiger partial charge in [0.05, 0.1) is 5.25 Å². The van der Waals surface area contributed by atoms with E-state index in [4.69, 9.17) is 9.84 Å². The Morgan fingerprint density at radius 3 is 2.52 bits per heavy atom. The van der Waals surface area contributed by atoms with E-state index in [1.54, 1.807) is 0 Å².